The zero-order chi connectivity index (χ0) is 15.5. The van der Waals surface area contributed by atoms with Crippen LogP contribution in [-0.2, 0) is 10.0 Å². The highest BCUT2D eigenvalue weighted by Gasteiger charge is 2.28. The Morgan fingerprint density at radius 3 is 2.68 bits per heavy atom. The molecule has 1 aromatic rings. The van der Waals surface area contributed by atoms with Crippen molar-refractivity contribution in [2.75, 3.05) is 13.1 Å². The monoisotopic (exact) mass is 347 g/mol. The number of halogens is 1. The Bertz CT molecular complexity index is 618. The van der Waals surface area contributed by atoms with E-state index in [0.717, 1.165) is 12.8 Å². The Morgan fingerprint density at radius 2 is 2.09 bits per heavy atom. The van der Waals surface area contributed by atoms with E-state index in [4.69, 9.17) is 5.73 Å². The van der Waals surface area contributed by atoms with E-state index in [-0.39, 0.29) is 35.2 Å². The first-order valence-corrected chi connectivity index (χ1v) is 8.51. The van der Waals surface area contributed by atoms with Crippen molar-refractivity contribution in [3.63, 3.8) is 0 Å². The van der Waals surface area contributed by atoms with E-state index >= 15 is 0 Å². The second-order valence-electron chi connectivity index (χ2n) is 5.47. The van der Waals surface area contributed by atoms with Gasteiger partial charge in [-0.15, -0.1) is 12.4 Å². The lowest BCUT2D eigenvalue weighted by Crippen LogP contribution is -2.31. The Hall–Kier alpha value is -1.15. The van der Waals surface area contributed by atoms with Crippen molar-refractivity contribution in [1.82, 2.24) is 10.0 Å². The highest BCUT2D eigenvalue weighted by molar-refractivity contribution is 7.89. The van der Waals surface area contributed by atoms with Gasteiger partial charge in [-0.25, -0.2) is 13.1 Å². The number of amides is 1. The molecule has 0 radical (unpaired) electrons. The highest BCUT2D eigenvalue weighted by Crippen LogP contribution is 2.22. The molecule has 0 spiro atoms. The lowest BCUT2D eigenvalue weighted by atomic mass is 10.1. The zero-order valence-electron chi connectivity index (χ0n) is 12.4. The summed E-state index contributed by atoms with van der Waals surface area (Å²) in [4.78, 5) is 12.1. The number of nitrogens with two attached hydrogens (primary N) is 1. The van der Waals surface area contributed by atoms with Crippen molar-refractivity contribution in [3.05, 3.63) is 29.8 Å². The van der Waals surface area contributed by atoms with Crippen LogP contribution >= 0.6 is 12.4 Å². The van der Waals surface area contributed by atoms with Crippen LogP contribution in [-0.4, -0.2) is 33.5 Å². The molecule has 1 fully saturated rings. The molecule has 6 nitrogen and oxygen atoms in total. The normalized spacial score (nSPS) is 15.7. The molecule has 0 bridgehead atoms. The maximum Gasteiger partial charge on any atom is 0.251 e. The van der Waals surface area contributed by atoms with Crippen molar-refractivity contribution in [3.8, 4) is 0 Å². The van der Waals surface area contributed by atoms with E-state index in [1.165, 1.54) is 12.1 Å². The Morgan fingerprint density at radius 1 is 1.41 bits per heavy atom. The van der Waals surface area contributed by atoms with Gasteiger partial charge in [0.15, 0.2) is 0 Å². The maximum absolute atomic E-state index is 12.1. The number of sulfonamides is 1. The average molecular weight is 348 g/mol. The lowest BCUT2D eigenvalue weighted by Gasteiger charge is -2.11. The van der Waals surface area contributed by atoms with Gasteiger partial charge in [0.2, 0.25) is 10.0 Å². The van der Waals surface area contributed by atoms with Crippen molar-refractivity contribution < 1.29 is 13.2 Å². The Labute approximate surface area is 137 Å². The van der Waals surface area contributed by atoms with Crippen LogP contribution in [0.1, 0.15) is 30.1 Å². The summed E-state index contributed by atoms with van der Waals surface area (Å²) in [6, 6.07) is 6.09. The lowest BCUT2D eigenvalue weighted by molar-refractivity contribution is 0.0948. The fourth-order valence-corrected chi connectivity index (χ4v) is 3.10. The first-order chi connectivity index (χ1) is 9.92. The molecule has 1 amide bonds. The van der Waals surface area contributed by atoms with Gasteiger partial charge >= 0.3 is 0 Å². The molecular weight excluding hydrogens is 326 g/mol. The predicted octanol–water partition coefficient (Wildman–Crippen LogP) is 0.874. The first kappa shape index (κ1) is 18.9. The molecule has 0 heterocycles. The van der Waals surface area contributed by atoms with Crippen LogP contribution in [0.4, 0.5) is 0 Å². The number of benzene rings is 1. The number of carbonyl (C=O) groups excluding carboxylic acids is 1. The Balaban J connectivity index is 0.00000242. The SMILES string of the molecule is CC(CN)CNC(=O)c1cccc(S(=O)(=O)NC2CC2)c1.Cl. The second-order valence-corrected chi connectivity index (χ2v) is 7.19. The fraction of sp³-hybridized carbons (Fsp3) is 0.500. The first-order valence-electron chi connectivity index (χ1n) is 7.03. The average Bonchev–Trinajstić information content (AvgIpc) is 3.27. The van der Waals surface area contributed by atoms with E-state index in [1.807, 2.05) is 6.92 Å². The van der Waals surface area contributed by atoms with Crippen molar-refractivity contribution in [1.29, 1.82) is 0 Å². The molecule has 1 aliphatic rings. The van der Waals surface area contributed by atoms with Gasteiger partial charge in [-0.2, -0.15) is 0 Å². The molecule has 2 rings (SSSR count). The minimum atomic E-state index is -3.54. The molecule has 0 aliphatic heterocycles. The second kappa shape index (κ2) is 7.92. The molecule has 0 saturated heterocycles. The summed E-state index contributed by atoms with van der Waals surface area (Å²) in [5.74, 6) is -0.115. The van der Waals surface area contributed by atoms with Crippen LogP contribution < -0.4 is 15.8 Å². The highest BCUT2D eigenvalue weighted by atomic mass is 35.5. The number of rotatable bonds is 7. The van der Waals surface area contributed by atoms with Crippen LogP contribution in [0.25, 0.3) is 0 Å². The zero-order valence-corrected chi connectivity index (χ0v) is 14.0. The Kier molecular flexibility index (Phi) is 6.80. The van der Waals surface area contributed by atoms with E-state index in [0.29, 0.717) is 18.7 Å². The van der Waals surface area contributed by atoms with Gasteiger partial charge in [-0.3, -0.25) is 4.79 Å². The summed E-state index contributed by atoms with van der Waals surface area (Å²) >= 11 is 0. The minimum absolute atomic E-state index is 0. The quantitative estimate of drug-likeness (QED) is 0.681. The summed E-state index contributed by atoms with van der Waals surface area (Å²) in [6.07, 6.45) is 1.74. The largest absolute Gasteiger partial charge is 0.352 e. The minimum Gasteiger partial charge on any atom is -0.352 e. The molecule has 4 N–H and O–H groups in total. The van der Waals surface area contributed by atoms with Crippen molar-refractivity contribution in [2.24, 2.45) is 11.7 Å². The number of carbonyl (C=O) groups is 1. The third-order valence-electron chi connectivity index (χ3n) is 3.32. The van der Waals surface area contributed by atoms with E-state index in [9.17, 15) is 13.2 Å². The molecular formula is C14H22ClN3O3S. The fourth-order valence-electron chi connectivity index (χ4n) is 1.75. The van der Waals surface area contributed by atoms with Crippen LogP contribution in [0.2, 0.25) is 0 Å². The third-order valence-corrected chi connectivity index (χ3v) is 4.84. The molecule has 1 aliphatic carbocycles. The van der Waals surface area contributed by atoms with Gasteiger partial charge in [-0.05, 0) is 43.5 Å². The van der Waals surface area contributed by atoms with Crippen LogP contribution in [0.15, 0.2) is 29.2 Å². The summed E-state index contributed by atoms with van der Waals surface area (Å²) in [7, 11) is -3.54. The summed E-state index contributed by atoms with van der Waals surface area (Å²) in [5.41, 5.74) is 5.82. The molecule has 1 atom stereocenters. The molecule has 1 aromatic carbocycles. The van der Waals surface area contributed by atoms with Crippen LogP contribution in [0.5, 0.6) is 0 Å². The van der Waals surface area contributed by atoms with Gasteiger partial charge < -0.3 is 11.1 Å². The smallest absolute Gasteiger partial charge is 0.251 e. The predicted molar refractivity (Wildman–Crippen MR) is 87.6 cm³/mol. The maximum atomic E-state index is 12.1. The molecule has 0 aromatic heterocycles. The van der Waals surface area contributed by atoms with Crippen LogP contribution in [0, 0.1) is 5.92 Å². The standard InChI is InChI=1S/C14H21N3O3S.ClH/c1-10(8-15)9-16-14(18)11-3-2-4-13(7-11)21(19,20)17-12-5-6-12;/h2-4,7,10,12,17H,5-6,8-9,15H2,1H3,(H,16,18);1H. The summed E-state index contributed by atoms with van der Waals surface area (Å²) in [6.45, 7) is 2.88. The van der Waals surface area contributed by atoms with Gasteiger partial charge in [-0.1, -0.05) is 13.0 Å². The van der Waals surface area contributed by atoms with Crippen LogP contribution in [0.3, 0.4) is 0 Å². The number of hydrogen-bond acceptors (Lipinski definition) is 4. The molecule has 1 unspecified atom stereocenters. The number of hydrogen-bond donors (Lipinski definition) is 3. The van der Waals surface area contributed by atoms with Crippen molar-refractivity contribution in [2.45, 2.75) is 30.7 Å². The van der Waals surface area contributed by atoms with Gasteiger partial charge in [0.25, 0.3) is 5.91 Å². The van der Waals surface area contributed by atoms with E-state index < -0.39 is 10.0 Å². The third kappa shape index (κ3) is 5.24. The van der Waals surface area contributed by atoms with E-state index in [2.05, 4.69) is 10.0 Å². The number of nitrogens with one attached hydrogen (secondary N) is 2. The molecule has 1 saturated carbocycles. The summed E-state index contributed by atoms with van der Waals surface area (Å²) in [5, 5.41) is 2.75. The molecule has 22 heavy (non-hydrogen) atoms. The summed E-state index contributed by atoms with van der Waals surface area (Å²) < 4.78 is 26.8. The van der Waals surface area contributed by atoms with Gasteiger partial charge in [0, 0.05) is 18.2 Å². The van der Waals surface area contributed by atoms with Gasteiger partial charge in [0.05, 0.1) is 4.90 Å². The van der Waals surface area contributed by atoms with E-state index in [1.54, 1.807) is 12.1 Å². The topological polar surface area (TPSA) is 101 Å². The molecule has 8 heteroatoms. The van der Waals surface area contributed by atoms with Crippen molar-refractivity contribution >= 4 is 28.3 Å². The molecule has 124 valence electrons. The van der Waals surface area contributed by atoms with Gasteiger partial charge in [0.1, 0.15) is 0 Å².